The molecule has 0 amide bonds. The third-order valence-electron chi connectivity index (χ3n) is 5.64. The summed E-state index contributed by atoms with van der Waals surface area (Å²) in [4.78, 5) is 4.95. The van der Waals surface area contributed by atoms with Gasteiger partial charge in [0.2, 0.25) is 0 Å². The molecular formula is C20H28N2O4. The van der Waals surface area contributed by atoms with Gasteiger partial charge in [-0.3, -0.25) is 0 Å². The normalized spacial score (nSPS) is 30.8. The topological polar surface area (TPSA) is 56.6 Å². The van der Waals surface area contributed by atoms with Crippen LogP contribution in [-0.2, 0) is 18.9 Å². The fraction of sp³-hybridized carbons (Fsp3) is 0.700. The third kappa shape index (κ3) is 3.98. The Labute approximate surface area is 154 Å². The highest BCUT2D eigenvalue weighted by Crippen LogP contribution is 2.38. The lowest BCUT2D eigenvalue weighted by Gasteiger charge is -2.33. The van der Waals surface area contributed by atoms with Crippen molar-refractivity contribution < 1.29 is 18.9 Å². The minimum absolute atomic E-state index is 0.355. The van der Waals surface area contributed by atoms with Crippen LogP contribution in [0.3, 0.4) is 0 Å². The van der Waals surface area contributed by atoms with Gasteiger partial charge in [-0.2, -0.15) is 0 Å². The van der Waals surface area contributed by atoms with Crippen LogP contribution >= 0.6 is 0 Å². The summed E-state index contributed by atoms with van der Waals surface area (Å²) in [6.07, 6.45) is 1.42. The quantitative estimate of drug-likeness (QED) is 0.590. The van der Waals surface area contributed by atoms with E-state index in [0.29, 0.717) is 24.4 Å². The molecule has 1 aromatic rings. The Hall–Kier alpha value is -1.34. The van der Waals surface area contributed by atoms with E-state index < -0.39 is 0 Å². The molecule has 4 aliphatic rings. The largest absolute Gasteiger partial charge is 0.371 e. The fourth-order valence-corrected chi connectivity index (χ4v) is 3.65. The molecule has 1 aromatic carbocycles. The van der Waals surface area contributed by atoms with Gasteiger partial charge < -0.3 is 28.7 Å². The van der Waals surface area contributed by atoms with Gasteiger partial charge in [0.05, 0.1) is 62.2 Å². The van der Waals surface area contributed by atoms with Crippen LogP contribution in [0.4, 0.5) is 11.4 Å². The molecule has 4 fully saturated rings. The van der Waals surface area contributed by atoms with E-state index in [1.54, 1.807) is 0 Å². The molecule has 26 heavy (non-hydrogen) atoms. The van der Waals surface area contributed by atoms with Crippen LogP contribution in [0.1, 0.15) is 11.1 Å². The highest BCUT2D eigenvalue weighted by molar-refractivity contribution is 5.76. The summed E-state index contributed by atoms with van der Waals surface area (Å²) in [5.74, 6) is 0. The van der Waals surface area contributed by atoms with Gasteiger partial charge in [-0.15, -0.1) is 0 Å². The minimum atomic E-state index is 0.355. The van der Waals surface area contributed by atoms with Crippen LogP contribution in [0.15, 0.2) is 12.1 Å². The summed E-state index contributed by atoms with van der Waals surface area (Å²) in [6, 6.07) is 4.51. The minimum Gasteiger partial charge on any atom is -0.371 e. The van der Waals surface area contributed by atoms with Crippen molar-refractivity contribution in [3.8, 4) is 0 Å². The molecule has 6 heteroatoms. The second kappa shape index (κ2) is 6.68. The van der Waals surface area contributed by atoms with E-state index in [-0.39, 0.29) is 0 Å². The molecule has 0 aromatic heterocycles. The number of nitrogens with zero attached hydrogens (tertiary/aromatic N) is 2. The van der Waals surface area contributed by atoms with Gasteiger partial charge in [-0.1, -0.05) is 6.07 Å². The molecule has 0 spiro atoms. The molecule has 0 radical (unpaired) electrons. The fourth-order valence-electron chi connectivity index (χ4n) is 3.65. The summed E-state index contributed by atoms with van der Waals surface area (Å²) >= 11 is 0. The van der Waals surface area contributed by atoms with E-state index in [4.69, 9.17) is 18.9 Å². The highest BCUT2D eigenvalue weighted by atomic mass is 16.6. The molecule has 4 saturated heterocycles. The first-order valence-corrected chi connectivity index (χ1v) is 9.74. The standard InChI is InChI=1S/C20H28N2O4/c1-13-3-4-19(21(5-15-9-23-15)6-16-10-24-16)20(14(13)2)22(7-17-11-25-17)8-18-12-26-18/h3-4,15-18H,5-12H2,1-2H3. The Morgan fingerprint density at radius 2 is 1.15 bits per heavy atom. The Morgan fingerprint density at radius 3 is 1.58 bits per heavy atom. The molecule has 0 aliphatic carbocycles. The molecular weight excluding hydrogens is 332 g/mol. The van der Waals surface area contributed by atoms with Crippen molar-refractivity contribution in [2.75, 3.05) is 62.4 Å². The zero-order chi connectivity index (χ0) is 17.7. The number of epoxide rings is 4. The number of rotatable bonds is 10. The van der Waals surface area contributed by atoms with Crippen LogP contribution in [-0.4, -0.2) is 77.0 Å². The highest BCUT2D eigenvalue weighted by Gasteiger charge is 2.36. The van der Waals surface area contributed by atoms with Crippen molar-refractivity contribution in [1.82, 2.24) is 0 Å². The molecule has 142 valence electrons. The maximum absolute atomic E-state index is 5.55. The zero-order valence-electron chi connectivity index (χ0n) is 15.6. The molecule has 5 rings (SSSR count). The lowest BCUT2D eigenvalue weighted by Crippen LogP contribution is -2.37. The molecule has 0 bridgehead atoms. The Morgan fingerprint density at radius 1 is 0.731 bits per heavy atom. The number of hydrogen-bond acceptors (Lipinski definition) is 6. The number of hydrogen-bond donors (Lipinski definition) is 0. The van der Waals surface area contributed by atoms with Gasteiger partial charge in [0.25, 0.3) is 0 Å². The van der Waals surface area contributed by atoms with E-state index in [9.17, 15) is 0 Å². The zero-order valence-corrected chi connectivity index (χ0v) is 15.6. The lowest BCUT2D eigenvalue weighted by molar-refractivity contribution is 0.386. The Balaban J connectivity index is 1.48. The predicted octanol–water partition coefficient (Wildman–Crippen LogP) is 1.51. The van der Waals surface area contributed by atoms with Crippen molar-refractivity contribution >= 4 is 11.4 Å². The van der Waals surface area contributed by atoms with Gasteiger partial charge in [-0.05, 0) is 31.0 Å². The number of anilines is 2. The van der Waals surface area contributed by atoms with Crippen LogP contribution in [0.25, 0.3) is 0 Å². The second-order valence-corrected chi connectivity index (χ2v) is 8.01. The van der Waals surface area contributed by atoms with E-state index in [2.05, 4.69) is 35.8 Å². The van der Waals surface area contributed by atoms with Gasteiger partial charge in [0.15, 0.2) is 0 Å². The molecule has 4 heterocycles. The molecule has 4 unspecified atom stereocenters. The average molecular weight is 360 g/mol. The monoisotopic (exact) mass is 360 g/mol. The molecule has 0 N–H and O–H groups in total. The van der Waals surface area contributed by atoms with Crippen molar-refractivity contribution in [3.05, 3.63) is 23.3 Å². The summed E-state index contributed by atoms with van der Waals surface area (Å²) in [5.41, 5.74) is 5.30. The predicted molar refractivity (Wildman–Crippen MR) is 99.3 cm³/mol. The Bertz CT molecular complexity index is 638. The van der Waals surface area contributed by atoms with E-state index in [0.717, 1.165) is 52.6 Å². The van der Waals surface area contributed by atoms with Crippen LogP contribution in [0.5, 0.6) is 0 Å². The van der Waals surface area contributed by atoms with Crippen LogP contribution in [0.2, 0.25) is 0 Å². The average Bonchev–Trinajstić information content (AvgIpc) is 3.43. The second-order valence-electron chi connectivity index (χ2n) is 8.01. The smallest absolute Gasteiger partial charge is 0.0984 e. The number of benzene rings is 1. The van der Waals surface area contributed by atoms with Crippen molar-refractivity contribution in [3.63, 3.8) is 0 Å². The summed E-state index contributed by atoms with van der Waals surface area (Å²) in [6.45, 7) is 11.7. The molecule has 6 nitrogen and oxygen atoms in total. The molecule has 4 atom stereocenters. The van der Waals surface area contributed by atoms with Crippen molar-refractivity contribution in [2.45, 2.75) is 38.3 Å². The molecule has 4 aliphatic heterocycles. The van der Waals surface area contributed by atoms with Gasteiger partial charge in [-0.25, -0.2) is 0 Å². The first-order chi connectivity index (χ1) is 12.7. The number of ether oxygens (including phenoxy) is 4. The van der Waals surface area contributed by atoms with E-state index in [1.807, 2.05) is 0 Å². The van der Waals surface area contributed by atoms with Crippen molar-refractivity contribution in [1.29, 1.82) is 0 Å². The van der Waals surface area contributed by atoms with Crippen LogP contribution in [0, 0.1) is 13.8 Å². The summed E-state index contributed by atoms with van der Waals surface area (Å²) in [5, 5.41) is 0. The van der Waals surface area contributed by atoms with Gasteiger partial charge in [0, 0.05) is 26.2 Å². The first-order valence-electron chi connectivity index (χ1n) is 9.74. The summed E-state index contributed by atoms with van der Waals surface area (Å²) in [7, 11) is 0. The maximum Gasteiger partial charge on any atom is 0.0984 e. The third-order valence-corrected chi connectivity index (χ3v) is 5.64. The van der Waals surface area contributed by atoms with Crippen LogP contribution < -0.4 is 9.80 Å². The number of aryl methyl sites for hydroxylation is 1. The maximum atomic E-state index is 5.55. The Kier molecular flexibility index (Phi) is 4.32. The first kappa shape index (κ1) is 16.8. The van der Waals surface area contributed by atoms with Gasteiger partial charge >= 0.3 is 0 Å². The van der Waals surface area contributed by atoms with E-state index in [1.165, 1.54) is 22.5 Å². The molecule has 0 saturated carbocycles. The van der Waals surface area contributed by atoms with Gasteiger partial charge in [0.1, 0.15) is 0 Å². The summed E-state index contributed by atoms with van der Waals surface area (Å²) < 4.78 is 22.2. The SMILES string of the molecule is Cc1ccc(N(CC2CO2)CC2CO2)c(N(CC2CO2)CC2CO2)c1C. The lowest BCUT2D eigenvalue weighted by atomic mass is 10.0. The van der Waals surface area contributed by atoms with E-state index >= 15 is 0 Å². The van der Waals surface area contributed by atoms with Crippen molar-refractivity contribution in [2.24, 2.45) is 0 Å².